The minimum absolute atomic E-state index is 0.0899. The highest BCUT2D eigenvalue weighted by molar-refractivity contribution is 7.87. The van der Waals surface area contributed by atoms with Crippen molar-refractivity contribution in [3.05, 3.63) is 59.9 Å². The Kier molecular flexibility index (Phi) is 7.01. The van der Waals surface area contributed by atoms with Gasteiger partial charge in [-0.1, -0.05) is 26.0 Å². The molecule has 2 rings (SSSR count). The number of benzene rings is 2. The third kappa shape index (κ3) is 5.95. The summed E-state index contributed by atoms with van der Waals surface area (Å²) < 4.78 is 42.6. The molecule has 0 aliphatic heterocycles. The third-order valence-corrected chi connectivity index (χ3v) is 5.11. The minimum atomic E-state index is -4.04. The van der Waals surface area contributed by atoms with E-state index in [2.05, 4.69) is 0 Å². The summed E-state index contributed by atoms with van der Waals surface area (Å²) in [6.45, 7) is 5.08. The number of hydrogen-bond donors (Lipinski definition) is 0. The van der Waals surface area contributed by atoms with E-state index in [0.29, 0.717) is 19.0 Å². The average molecular weight is 408 g/mol. The molecule has 6 nitrogen and oxygen atoms in total. The van der Waals surface area contributed by atoms with Crippen LogP contribution in [0.25, 0.3) is 0 Å². The van der Waals surface area contributed by atoms with Gasteiger partial charge in [-0.3, -0.25) is 0 Å². The number of urea groups is 1. The fourth-order valence-corrected chi connectivity index (χ4v) is 3.51. The van der Waals surface area contributed by atoms with Crippen molar-refractivity contribution in [1.29, 1.82) is 0 Å². The number of carbonyl (C=O) groups is 1. The van der Waals surface area contributed by atoms with E-state index in [1.165, 1.54) is 17.0 Å². The maximum absolute atomic E-state index is 13.0. The molecule has 0 bridgehead atoms. The number of nitrogens with zero attached hydrogens (tertiary/aromatic N) is 2. The molecule has 2 amide bonds. The average Bonchev–Trinajstić information content (AvgIpc) is 2.61. The smallest absolute Gasteiger partial charge is 0.339 e. The third-order valence-electron chi connectivity index (χ3n) is 3.84. The molecule has 0 N–H and O–H groups in total. The molecule has 2 aromatic rings. The highest BCUT2D eigenvalue weighted by Gasteiger charge is 2.19. The molecule has 0 aliphatic rings. The fourth-order valence-electron chi connectivity index (χ4n) is 2.58. The van der Waals surface area contributed by atoms with Crippen LogP contribution in [0.5, 0.6) is 5.75 Å². The van der Waals surface area contributed by atoms with Gasteiger partial charge in [0.2, 0.25) is 0 Å². The summed E-state index contributed by atoms with van der Waals surface area (Å²) in [7, 11) is -0.642. The Morgan fingerprint density at radius 3 is 2.11 bits per heavy atom. The Labute approximate surface area is 165 Å². The fraction of sp³-hybridized carbons (Fsp3) is 0.350. The van der Waals surface area contributed by atoms with Crippen LogP contribution in [0.15, 0.2) is 53.4 Å². The van der Waals surface area contributed by atoms with Gasteiger partial charge in [-0.25, -0.2) is 9.18 Å². The minimum Gasteiger partial charge on any atom is -0.379 e. The predicted octanol–water partition coefficient (Wildman–Crippen LogP) is 3.73. The van der Waals surface area contributed by atoms with E-state index < -0.39 is 15.9 Å². The first-order valence-electron chi connectivity index (χ1n) is 8.83. The van der Waals surface area contributed by atoms with E-state index in [1.807, 2.05) is 13.8 Å². The molecule has 0 aromatic heterocycles. The van der Waals surface area contributed by atoms with Crippen molar-refractivity contribution in [2.24, 2.45) is 5.92 Å². The van der Waals surface area contributed by atoms with Gasteiger partial charge in [0, 0.05) is 27.2 Å². The lowest BCUT2D eigenvalue weighted by molar-refractivity contribution is 0.161. The van der Waals surface area contributed by atoms with E-state index in [-0.39, 0.29) is 16.7 Å². The first-order valence-corrected chi connectivity index (χ1v) is 10.2. The molecule has 8 heteroatoms. The van der Waals surface area contributed by atoms with Crippen LogP contribution < -0.4 is 4.18 Å². The Hall–Kier alpha value is -2.61. The Bertz CT molecular complexity index is 895. The SMILES string of the molecule is CC(C)CN(Cc1ccc(OS(=O)(=O)c2ccc(F)cc2)cc1)C(=O)N(C)C. The predicted molar refractivity (Wildman–Crippen MR) is 105 cm³/mol. The van der Waals surface area contributed by atoms with Gasteiger partial charge < -0.3 is 14.0 Å². The first-order chi connectivity index (χ1) is 13.1. The van der Waals surface area contributed by atoms with E-state index in [4.69, 9.17) is 4.18 Å². The van der Waals surface area contributed by atoms with Gasteiger partial charge in [0.05, 0.1) is 0 Å². The first kappa shape index (κ1) is 21.7. The lowest BCUT2D eigenvalue weighted by atomic mass is 10.1. The van der Waals surface area contributed by atoms with Crippen molar-refractivity contribution in [2.75, 3.05) is 20.6 Å². The van der Waals surface area contributed by atoms with Crippen LogP contribution in [0.4, 0.5) is 9.18 Å². The lowest BCUT2D eigenvalue weighted by Gasteiger charge is -2.27. The molecule has 0 spiro atoms. The topological polar surface area (TPSA) is 66.9 Å². The van der Waals surface area contributed by atoms with Crippen LogP contribution in [0.1, 0.15) is 19.4 Å². The highest BCUT2D eigenvalue weighted by atomic mass is 32.2. The van der Waals surface area contributed by atoms with Gasteiger partial charge >= 0.3 is 16.1 Å². The van der Waals surface area contributed by atoms with E-state index in [1.54, 1.807) is 31.1 Å². The Morgan fingerprint density at radius 2 is 1.61 bits per heavy atom. The summed E-state index contributed by atoms with van der Waals surface area (Å²) >= 11 is 0. The molecule has 28 heavy (non-hydrogen) atoms. The summed E-state index contributed by atoms with van der Waals surface area (Å²) in [6.07, 6.45) is 0. The summed E-state index contributed by atoms with van der Waals surface area (Å²) in [5, 5.41) is 0. The van der Waals surface area contributed by atoms with Crippen LogP contribution in [0, 0.1) is 11.7 Å². The standard InChI is InChI=1S/C20H25FN2O4S/c1-15(2)13-23(20(24)22(3)4)14-16-5-9-18(10-6-16)27-28(25,26)19-11-7-17(21)8-12-19/h5-12,15H,13-14H2,1-4H3. The van der Waals surface area contributed by atoms with Gasteiger partial charge in [0.1, 0.15) is 16.5 Å². The lowest BCUT2D eigenvalue weighted by Crippen LogP contribution is -2.40. The number of amides is 2. The van der Waals surface area contributed by atoms with Gasteiger partial charge in [0.25, 0.3) is 0 Å². The second kappa shape index (κ2) is 9.05. The number of carbonyl (C=O) groups excluding carboxylic acids is 1. The summed E-state index contributed by atoms with van der Waals surface area (Å²) in [5.74, 6) is -0.0729. The van der Waals surface area contributed by atoms with E-state index in [9.17, 15) is 17.6 Å². The van der Waals surface area contributed by atoms with Crippen LogP contribution in [0.2, 0.25) is 0 Å². The Balaban J connectivity index is 2.11. The van der Waals surface area contributed by atoms with Gasteiger partial charge in [0.15, 0.2) is 0 Å². The molecule has 0 saturated carbocycles. The second-order valence-corrected chi connectivity index (χ2v) is 8.63. The molecule has 2 aromatic carbocycles. The van der Waals surface area contributed by atoms with Crippen molar-refractivity contribution in [1.82, 2.24) is 9.80 Å². The van der Waals surface area contributed by atoms with Crippen molar-refractivity contribution in [2.45, 2.75) is 25.3 Å². The van der Waals surface area contributed by atoms with Crippen molar-refractivity contribution in [3.63, 3.8) is 0 Å². The maximum Gasteiger partial charge on any atom is 0.339 e. The normalized spacial score (nSPS) is 11.4. The summed E-state index contributed by atoms with van der Waals surface area (Å²) in [6, 6.07) is 10.8. The van der Waals surface area contributed by atoms with Crippen LogP contribution >= 0.6 is 0 Å². The van der Waals surface area contributed by atoms with Crippen LogP contribution in [0.3, 0.4) is 0 Å². The molecular weight excluding hydrogens is 383 g/mol. The van der Waals surface area contributed by atoms with E-state index >= 15 is 0 Å². The Morgan fingerprint density at radius 1 is 1.04 bits per heavy atom. The molecule has 0 heterocycles. The van der Waals surface area contributed by atoms with Gasteiger partial charge in [-0.15, -0.1) is 0 Å². The molecule has 0 atom stereocenters. The van der Waals surface area contributed by atoms with Crippen molar-refractivity contribution in [3.8, 4) is 5.75 Å². The zero-order chi connectivity index (χ0) is 20.9. The molecular formula is C20H25FN2O4S. The molecule has 0 unspecified atom stereocenters. The quantitative estimate of drug-likeness (QED) is 0.655. The van der Waals surface area contributed by atoms with Crippen LogP contribution in [-0.4, -0.2) is 44.9 Å². The zero-order valence-corrected chi connectivity index (χ0v) is 17.2. The van der Waals surface area contributed by atoms with Crippen LogP contribution in [-0.2, 0) is 16.7 Å². The monoisotopic (exact) mass is 408 g/mol. The zero-order valence-electron chi connectivity index (χ0n) is 16.4. The van der Waals surface area contributed by atoms with Gasteiger partial charge in [-0.05, 0) is 47.9 Å². The van der Waals surface area contributed by atoms with E-state index in [0.717, 1.165) is 29.8 Å². The highest BCUT2D eigenvalue weighted by Crippen LogP contribution is 2.20. The summed E-state index contributed by atoms with van der Waals surface area (Å²) in [5.41, 5.74) is 0.849. The van der Waals surface area contributed by atoms with Crippen molar-refractivity contribution < 1.29 is 21.8 Å². The molecule has 0 aliphatic carbocycles. The number of halogens is 1. The number of hydrogen-bond acceptors (Lipinski definition) is 4. The second-order valence-electron chi connectivity index (χ2n) is 7.09. The molecule has 0 radical (unpaired) electrons. The molecule has 152 valence electrons. The molecule has 0 saturated heterocycles. The van der Waals surface area contributed by atoms with Crippen molar-refractivity contribution >= 4 is 16.1 Å². The van der Waals surface area contributed by atoms with Gasteiger partial charge in [-0.2, -0.15) is 8.42 Å². The number of rotatable bonds is 7. The largest absolute Gasteiger partial charge is 0.379 e. The maximum atomic E-state index is 13.0. The summed E-state index contributed by atoms with van der Waals surface area (Å²) in [4.78, 5) is 15.5. The molecule has 0 fully saturated rings.